The first-order valence-electron chi connectivity index (χ1n) is 48.1. The van der Waals surface area contributed by atoms with Crippen molar-refractivity contribution in [3.8, 4) is 45.6 Å². The minimum Gasteiger partial charge on any atom is -0.324 e. The summed E-state index contributed by atoms with van der Waals surface area (Å²) in [5, 5.41) is 17.9. The van der Waals surface area contributed by atoms with Crippen LogP contribution in [0.3, 0.4) is 0 Å². The molecule has 2 aliphatic heterocycles. The maximum Gasteiger partial charge on any atom is 0.164 e. The van der Waals surface area contributed by atoms with Crippen molar-refractivity contribution in [1.82, 2.24) is 55.4 Å². The molecule has 3 saturated carbocycles. The lowest BCUT2D eigenvalue weighted by atomic mass is 9.84. The Labute approximate surface area is 679 Å². The molecule has 8 bridgehead atoms. The van der Waals surface area contributed by atoms with Crippen molar-refractivity contribution in [3.63, 3.8) is 0 Å². The van der Waals surface area contributed by atoms with Crippen LogP contribution in [-0.4, -0.2) is 57.6 Å². The quantitative estimate of drug-likeness (QED) is 0.0275. The molecular weight excluding hydrogens is 1370 g/mol. The second-order valence-corrected chi connectivity index (χ2v) is 35.7. The average Bonchev–Trinajstić information content (AvgIpc) is 1.58. The lowest BCUT2D eigenvalue weighted by Gasteiger charge is -2.34. The minimum atomic E-state index is -0.0567. The topological polar surface area (TPSA) is 134 Å². The van der Waals surface area contributed by atoms with E-state index >= 15 is 0 Å². The number of unbranched alkanes of at least 4 members (excludes halogenated alkanes) is 39. The fourth-order valence-corrected chi connectivity index (χ4v) is 20.1. The zero-order valence-corrected chi connectivity index (χ0v) is 71.1. The van der Waals surface area contributed by atoms with Gasteiger partial charge in [0, 0.05) is 74.0 Å². The van der Waals surface area contributed by atoms with E-state index in [4.69, 9.17) is 29.9 Å². The van der Waals surface area contributed by atoms with E-state index in [0.29, 0.717) is 41.4 Å². The lowest BCUT2D eigenvalue weighted by Crippen LogP contribution is -2.37. The van der Waals surface area contributed by atoms with E-state index in [1.54, 1.807) is 0 Å². The van der Waals surface area contributed by atoms with Gasteiger partial charge in [0.1, 0.15) is 22.6 Å². The Bertz CT molecular complexity index is 4000. The third-order valence-corrected chi connectivity index (χ3v) is 26.7. The fourth-order valence-electron chi connectivity index (χ4n) is 20.1. The SMILES string of the molecule is CCCCCCCCCCCCCCCCC(NC1CCCCC1)c1ccc2c3nc4nc(nc5c6ccccc6c(nc6nc(nc([nH]3)c2c1C(CCCCCCCCCCCCCCCC)NC1CCCCC1)-c1ccccc1-6)n5C(CCCCCCCCCCCCCCCC)NC1CCCCC1)-c1ccccc1-4. The summed E-state index contributed by atoms with van der Waals surface area (Å²) in [7, 11) is 0. The minimum absolute atomic E-state index is 0.0567. The maximum absolute atomic E-state index is 6.02. The summed E-state index contributed by atoms with van der Waals surface area (Å²) in [6.45, 7) is 6.97. The monoisotopic (exact) mass is 1520 g/mol. The number of hydrogen-bond donors (Lipinski definition) is 4. The maximum atomic E-state index is 6.02. The molecule has 7 aromatic rings. The van der Waals surface area contributed by atoms with Crippen LogP contribution in [0.25, 0.3) is 89.7 Å². The highest BCUT2D eigenvalue weighted by atomic mass is 15.2. The van der Waals surface area contributed by atoms with Crippen molar-refractivity contribution in [2.75, 3.05) is 0 Å². The Morgan fingerprint density at radius 2 is 0.616 bits per heavy atom. The van der Waals surface area contributed by atoms with Crippen LogP contribution in [-0.2, 0) is 0 Å². The lowest BCUT2D eigenvalue weighted by molar-refractivity contribution is 0.282. The third kappa shape index (κ3) is 25.6. The first kappa shape index (κ1) is 85.5. The fraction of sp³-hybridized carbons (Fsp3) is 0.683. The molecule has 3 aromatic heterocycles. The summed E-state index contributed by atoms with van der Waals surface area (Å²) in [5.41, 5.74) is 10.3. The zero-order valence-electron chi connectivity index (χ0n) is 71.1. The molecule has 11 heteroatoms. The van der Waals surface area contributed by atoms with Gasteiger partial charge in [-0.3, -0.25) is 9.88 Å². The van der Waals surface area contributed by atoms with Gasteiger partial charge in [-0.1, -0.05) is 433 Å². The van der Waals surface area contributed by atoms with Crippen LogP contribution >= 0.6 is 0 Å². The van der Waals surface area contributed by atoms with Crippen molar-refractivity contribution in [2.24, 2.45) is 0 Å². The number of fused-ring (bicyclic) bond motifs is 20. The van der Waals surface area contributed by atoms with Crippen LogP contribution in [0, 0.1) is 0 Å². The van der Waals surface area contributed by atoms with Crippen LogP contribution in [0.5, 0.6) is 0 Å². The van der Waals surface area contributed by atoms with E-state index in [1.165, 1.54) is 376 Å². The summed E-state index contributed by atoms with van der Waals surface area (Å²) in [5.74, 6) is 2.77. The highest BCUT2D eigenvalue weighted by Gasteiger charge is 2.32. The van der Waals surface area contributed by atoms with Crippen molar-refractivity contribution >= 4 is 44.1 Å². The van der Waals surface area contributed by atoms with Crippen molar-refractivity contribution < 1.29 is 0 Å². The van der Waals surface area contributed by atoms with Gasteiger partial charge >= 0.3 is 0 Å². The Morgan fingerprint density at radius 1 is 0.304 bits per heavy atom. The second kappa shape index (κ2) is 48.6. The van der Waals surface area contributed by atoms with E-state index in [1.807, 2.05) is 0 Å². The standard InChI is InChI=1S/C101H153N11/c1-4-7-10-13-16-19-22-25-28-31-34-37-40-52-73-89(102-78-61-46-43-47-62-78)87-76-77-88-93(92(87)90(103-79-63-48-44-49-64-79)74-53-41-38-35-32-29-26-23-20-17-14-11-8-5-2)99-108-95-82-68-56-58-70-84(82)97(106-95)111-101-86-72-60-59-71-85(86)100(110-96-83-69-57-55-67-81(83)94(105-96)107-98(88)109-99)112(101)91(104-80-65-50-45-51-66-80)75-54-42-39-36-33-30-27-24-21-18-15-12-9-6-3/h55-60,67-72,76-80,89-91,102-104H,4-54,61-66,73-75H2,1-3H3,(H,105,106,107,108,109,110,111). The normalized spacial score (nSPS) is 15.9. The molecule has 5 aliphatic rings. The Hall–Kier alpha value is -5.88. The molecule has 12 rings (SSSR count). The highest BCUT2D eigenvalue weighted by molar-refractivity contribution is 6.08. The van der Waals surface area contributed by atoms with Crippen molar-refractivity contribution in [1.29, 1.82) is 0 Å². The highest BCUT2D eigenvalue weighted by Crippen LogP contribution is 2.44. The number of H-pyrrole nitrogens is 1. The second-order valence-electron chi connectivity index (χ2n) is 35.7. The Morgan fingerprint density at radius 3 is 1.00 bits per heavy atom. The van der Waals surface area contributed by atoms with Gasteiger partial charge in [-0.2, -0.15) is 0 Å². The molecule has 0 saturated heterocycles. The number of aromatic amines is 1. The van der Waals surface area contributed by atoms with E-state index in [-0.39, 0.29) is 18.2 Å². The molecule has 4 N–H and O–H groups in total. The van der Waals surface area contributed by atoms with E-state index in [9.17, 15) is 0 Å². The molecule has 3 atom stereocenters. The Balaban J connectivity index is 0.956. The van der Waals surface area contributed by atoms with Gasteiger partial charge in [-0.05, 0) is 68.9 Å². The van der Waals surface area contributed by atoms with Crippen LogP contribution in [0.2, 0.25) is 0 Å². The van der Waals surface area contributed by atoms with Crippen LogP contribution in [0.15, 0.2) is 84.9 Å². The molecule has 5 heterocycles. The van der Waals surface area contributed by atoms with E-state index < -0.39 is 0 Å². The van der Waals surface area contributed by atoms with Crippen LogP contribution in [0.4, 0.5) is 0 Å². The molecule has 3 aliphatic carbocycles. The van der Waals surface area contributed by atoms with Gasteiger partial charge in [0.05, 0.1) is 6.17 Å². The molecule has 0 spiro atoms. The summed E-state index contributed by atoms with van der Waals surface area (Å²) >= 11 is 0. The number of rotatable bonds is 54. The number of nitrogens with zero attached hydrogens (tertiary/aromatic N) is 7. The molecule has 3 fully saturated rings. The average molecular weight is 1520 g/mol. The van der Waals surface area contributed by atoms with Crippen LogP contribution < -0.4 is 16.0 Å². The number of nitrogens with one attached hydrogen (secondary N) is 4. The summed E-state index contributed by atoms with van der Waals surface area (Å²) in [6, 6.07) is 33.2. The van der Waals surface area contributed by atoms with E-state index in [0.717, 1.165) is 86.7 Å². The third-order valence-electron chi connectivity index (χ3n) is 26.7. The van der Waals surface area contributed by atoms with Gasteiger partial charge in [0.25, 0.3) is 0 Å². The molecule has 3 unspecified atom stereocenters. The molecule has 612 valence electrons. The number of aromatic nitrogens is 8. The zero-order chi connectivity index (χ0) is 76.8. The van der Waals surface area contributed by atoms with E-state index in [2.05, 4.69) is 131 Å². The van der Waals surface area contributed by atoms with Gasteiger partial charge in [0.15, 0.2) is 23.3 Å². The summed E-state index contributed by atoms with van der Waals surface area (Å²) in [6.07, 6.45) is 79.1. The molecular formula is C101H153N11. The van der Waals surface area contributed by atoms with Crippen LogP contribution in [0.1, 0.15) is 435 Å². The molecule has 0 radical (unpaired) electrons. The van der Waals surface area contributed by atoms with Gasteiger partial charge in [-0.25, -0.2) is 29.9 Å². The molecule has 0 amide bonds. The smallest absolute Gasteiger partial charge is 0.164 e. The predicted molar refractivity (Wildman–Crippen MR) is 479 cm³/mol. The van der Waals surface area contributed by atoms with Gasteiger partial charge < -0.3 is 15.6 Å². The van der Waals surface area contributed by atoms with Crippen molar-refractivity contribution in [3.05, 3.63) is 96.1 Å². The Kier molecular flexibility index (Phi) is 37.1. The van der Waals surface area contributed by atoms with Gasteiger partial charge in [-0.15, -0.1) is 0 Å². The molecule has 4 aromatic carbocycles. The van der Waals surface area contributed by atoms with Crippen molar-refractivity contribution in [2.45, 2.75) is 442 Å². The largest absolute Gasteiger partial charge is 0.324 e. The first-order valence-corrected chi connectivity index (χ1v) is 48.1. The number of benzene rings is 4. The molecule has 112 heavy (non-hydrogen) atoms. The summed E-state index contributed by atoms with van der Waals surface area (Å²) < 4.78 is 2.50. The van der Waals surface area contributed by atoms with Gasteiger partial charge in [0.2, 0.25) is 0 Å². The first-order chi connectivity index (χ1) is 55.6. The molecule has 11 nitrogen and oxygen atoms in total. The number of hydrogen-bond acceptors (Lipinski definition) is 9. The summed E-state index contributed by atoms with van der Waals surface area (Å²) in [4.78, 5) is 39.3. The predicted octanol–water partition coefficient (Wildman–Crippen LogP) is 30.3.